The van der Waals surface area contributed by atoms with Crippen LogP contribution in [0.25, 0.3) is 0 Å². The summed E-state index contributed by atoms with van der Waals surface area (Å²) < 4.78 is 7.14. The molecule has 0 heterocycles. The topological polar surface area (TPSA) is 29.5 Å². The first kappa shape index (κ1) is 14.7. The fourth-order valence-corrected chi connectivity index (χ4v) is 3.15. The number of nitrogens with zero attached hydrogens (tertiary/aromatic N) is 1. The molecule has 6 heteroatoms. The van der Waals surface area contributed by atoms with Crippen LogP contribution in [0.3, 0.4) is 0 Å². The summed E-state index contributed by atoms with van der Waals surface area (Å²) in [5, 5.41) is -0.166. The fraction of sp³-hybridized carbons (Fsp3) is 0.900. The van der Waals surface area contributed by atoms with Crippen molar-refractivity contribution in [2.75, 3.05) is 0 Å². The highest BCUT2D eigenvalue weighted by Gasteiger charge is 2.43. The highest BCUT2D eigenvalue weighted by molar-refractivity contribution is 7.97. The van der Waals surface area contributed by atoms with Crippen molar-refractivity contribution in [3.63, 3.8) is 0 Å². The Morgan fingerprint density at radius 3 is 2.19 bits per heavy atom. The maximum absolute atomic E-state index is 11.6. The van der Waals surface area contributed by atoms with Crippen LogP contribution in [0.5, 0.6) is 0 Å². The molecule has 0 radical (unpaired) electrons. The van der Waals surface area contributed by atoms with E-state index < -0.39 is 5.54 Å². The summed E-state index contributed by atoms with van der Waals surface area (Å²) in [5.74, 6) is 0. The number of carbonyl (C=O) groups is 1. The summed E-state index contributed by atoms with van der Waals surface area (Å²) in [6.07, 6.45) is 3.55. The van der Waals surface area contributed by atoms with E-state index in [2.05, 4.69) is 38.3 Å². The van der Waals surface area contributed by atoms with Crippen LogP contribution in [-0.4, -0.2) is 26.6 Å². The molecule has 1 aliphatic carbocycles. The summed E-state index contributed by atoms with van der Waals surface area (Å²) in [5.41, 5.74) is -0.647. The minimum Gasteiger partial charge on any atom is -0.376 e. The molecule has 1 aliphatic rings. The van der Waals surface area contributed by atoms with Crippen LogP contribution in [0.2, 0.25) is 0 Å². The van der Waals surface area contributed by atoms with Crippen LogP contribution < -0.4 is 0 Å². The van der Waals surface area contributed by atoms with E-state index in [-0.39, 0.29) is 17.3 Å². The summed E-state index contributed by atoms with van der Waals surface area (Å²) in [7, 11) is 0. The van der Waals surface area contributed by atoms with Gasteiger partial charge in [0.2, 0.25) is 5.12 Å². The number of carbonyl (C=O) groups excluding carboxylic acids is 1. The lowest BCUT2D eigenvalue weighted by Gasteiger charge is -2.40. The SMILES string of the molecule is CC(C)OC1CCC(C(=O)S)(N(S)S)CC1. The largest absolute Gasteiger partial charge is 0.376 e. The van der Waals surface area contributed by atoms with Gasteiger partial charge in [0, 0.05) is 0 Å². The molecule has 0 bridgehead atoms. The maximum Gasteiger partial charge on any atom is 0.208 e. The van der Waals surface area contributed by atoms with Gasteiger partial charge in [-0.3, -0.25) is 4.79 Å². The van der Waals surface area contributed by atoms with E-state index in [0.29, 0.717) is 12.8 Å². The highest BCUT2D eigenvalue weighted by atomic mass is 32.2. The normalized spacial score (nSPS) is 31.1. The number of hydrogen-bond donors (Lipinski definition) is 3. The Kier molecular flexibility index (Phi) is 5.51. The first-order valence-corrected chi connectivity index (χ1v) is 6.70. The van der Waals surface area contributed by atoms with Gasteiger partial charge in [0.05, 0.1) is 12.2 Å². The van der Waals surface area contributed by atoms with E-state index in [1.165, 1.54) is 3.71 Å². The van der Waals surface area contributed by atoms with E-state index in [9.17, 15) is 4.79 Å². The van der Waals surface area contributed by atoms with Crippen LogP contribution in [-0.2, 0) is 9.53 Å². The number of hydrogen-bond acceptors (Lipinski definition) is 5. The summed E-state index contributed by atoms with van der Waals surface area (Å²) >= 11 is 12.3. The fourth-order valence-electron chi connectivity index (χ4n) is 2.09. The van der Waals surface area contributed by atoms with Gasteiger partial charge in [-0.05, 0) is 39.5 Å². The number of thiol groups is 3. The molecule has 1 fully saturated rings. The standard InChI is InChI=1S/C10H19NO2S3/c1-7(2)13-8-3-5-10(6-4-8,9(12)14)11(15)16/h7-8,15-16H,3-6H2,1-2H3,(H,12,14). The minimum absolute atomic E-state index is 0.166. The smallest absolute Gasteiger partial charge is 0.208 e. The van der Waals surface area contributed by atoms with Crippen molar-refractivity contribution >= 4 is 43.4 Å². The van der Waals surface area contributed by atoms with Gasteiger partial charge in [-0.2, -0.15) is 3.71 Å². The monoisotopic (exact) mass is 281 g/mol. The first-order chi connectivity index (χ1) is 7.38. The molecule has 1 saturated carbocycles. The molecule has 0 saturated heterocycles. The molecule has 1 rings (SSSR count). The molecule has 0 unspecified atom stereocenters. The van der Waals surface area contributed by atoms with Crippen LogP contribution >= 0.6 is 38.3 Å². The summed E-state index contributed by atoms with van der Waals surface area (Å²) in [6.45, 7) is 4.05. The highest BCUT2D eigenvalue weighted by Crippen LogP contribution is 2.38. The maximum atomic E-state index is 11.6. The number of rotatable bonds is 4. The van der Waals surface area contributed by atoms with Gasteiger partial charge >= 0.3 is 0 Å². The van der Waals surface area contributed by atoms with Gasteiger partial charge in [-0.15, -0.1) is 12.6 Å². The van der Waals surface area contributed by atoms with Gasteiger partial charge in [-0.25, -0.2) is 0 Å². The van der Waals surface area contributed by atoms with Crippen molar-refractivity contribution in [3.05, 3.63) is 0 Å². The van der Waals surface area contributed by atoms with Crippen LogP contribution in [0.15, 0.2) is 0 Å². The molecule has 0 spiro atoms. The zero-order valence-electron chi connectivity index (χ0n) is 9.59. The zero-order chi connectivity index (χ0) is 12.3. The van der Waals surface area contributed by atoms with E-state index in [4.69, 9.17) is 4.74 Å². The van der Waals surface area contributed by atoms with Gasteiger partial charge in [-0.1, -0.05) is 25.6 Å². The van der Waals surface area contributed by atoms with Gasteiger partial charge in [0.1, 0.15) is 5.54 Å². The van der Waals surface area contributed by atoms with E-state index in [1.54, 1.807) is 0 Å². The summed E-state index contributed by atoms with van der Waals surface area (Å²) in [4.78, 5) is 11.6. The molecule has 0 aliphatic heterocycles. The molecule has 3 nitrogen and oxygen atoms in total. The number of ether oxygens (including phenoxy) is 1. The molecule has 0 aromatic rings. The van der Waals surface area contributed by atoms with E-state index in [0.717, 1.165) is 12.8 Å². The molecular formula is C10H19NO2S3. The Morgan fingerprint density at radius 2 is 1.88 bits per heavy atom. The molecule has 16 heavy (non-hydrogen) atoms. The van der Waals surface area contributed by atoms with Gasteiger partial charge in [0.15, 0.2) is 0 Å². The molecule has 0 atom stereocenters. The Labute approximate surface area is 114 Å². The Bertz CT molecular complexity index is 250. The lowest BCUT2D eigenvalue weighted by atomic mass is 9.82. The van der Waals surface area contributed by atoms with Gasteiger partial charge < -0.3 is 4.74 Å². The zero-order valence-corrected chi connectivity index (χ0v) is 12.3. The van der Waals surface area contributed by atoms with Crippen molar-refractivity contribution in [2.45, 2.75) is 57.3 Å². The quantitative estimate of drug-likeness (QED) is 0.692. The van der Waals surface area contributed by atoms with E-state index >= 15 is 0 Å². The first-order valence-electron chi connectivity index (χ1n) is 5.45. The lowest BCUT2D eigenvalue weighted by molar-refractivity contribution is -0.120. The third-order valence-electron chi connectivity index (χ3n) is 3.01. The average Bonchev–Trinajstić information content (AvgIpc) is 2.17. The lowest BCUT2D eigenvalue weighted by Crippen LogP contribution is -2.48. The molecule has 0 aromatic carbocycles. The predicted molar refractivity (Wildman–Crippen MR) is 75.0 cm³/mol. The second kappa shape index (κ2) is 6.00. The average molecular weight is 281 g/mol. The molecular weight excluding hydrogens is 262 g/mol. The van der Waals surface area contributed by atoms with Crippen molar-refractivity contribution in [1.29, 1.82) is 0 Å². The van der Waals surface area contributed by atoms with Crippen LogP contribution in [0.1, 0.15) is 39.5 Å². The second-order valence-electron chi connectivity index (χ2n) is 4.51. The Hall–Kier alpha value is 0.640. The van der Waals surface area contributed by atoms with Crippen molar-refractivity contribution in [1.82, 2.24) is 3.71 Å². The Balaban J connectivity index is 2.60. The van der Waals surface area contributed by atoms with Crippen LogP contribution in [0.4, 0.5) is 0 Å². The molecule has 0 aromatic heterocycles. The van der Waals surface area contributed by atoms with Crippen LogP contribution in [0, 0.1) is 0 Å². The summed E-state index contributed by atoms with van der Waals surface area (Å²) in [6, 6.07) is 0. The Morgan fingerprint density at radius 1 is 1.38 bits per heavy atom. The van der Waals surface area contributed by atoms with Crippen molar-refractivity contribution < 1.29 is 9.53 Å². The van der Waals surface area contributed by atoms with E-state index in [1.807, 2.05) is 13.8 Å². The third kappa shape index (κ3) is 3.32. The van der Waals surface area contributed by atoms with Crippen molar-refractivity contribution in [3.8, 4) is 0 Å². The van der Waals surface area contributed by atoms with Crippen molar-refractivity contribution in [2.24, 2.45) is 0 Å². The predicted octanol–water partition coefficient (Wildman–Crippen LogP) is 2.54. The minimum atomic E-state index is -0.647. The second-order valence-corrected chi connectivity index (χ2v) is 6.03. The third-order valence-corrected chi connectivity index (χ3v) is 4.19. The van der Waals surface area contributed by atoms with Gasteiger partial charge in [0.25, 0.3) is 0 Å². The molecule has 0 N–H and O–H groups in total. The molecule has 94 valence electrons. The molecule has 0 amide bonds.